The second kappa shape index (κ2) is 5.96. The Morgan fingerprint density at radius 3 is 2.58 bits per heavy atom. The van der Waals surface area contributed by atoms with Crippen LogP contribution in [0.1, 0.15) is 58.4 Å². The first-order valence-corrected chi connectivity index (χ1v) is 7.49. The van der Waals surface area contributed by atoms with E-state index in [1.54, 1.807) is 0 Å². The van der Waals surface area contributed by atoms with E-state index >= 15 is 0 Å². The van der Waals surface area contributed by atoms with Gasteiger partial charge in [0, 0.05) is 6.04 Å². The van der Waals surface area contributed by atoms with Gasteiger partial charge < -0.3 is 10.5 Å². The van der Waals surface area contributed by atoms with Crippen molar-refractivity contribution in [2.45, 2.75) is 70.4 Å². The summed E-state index contributed by atoms with van der Waals surface area (Å²) in [5.41, 5.74) is 7.70. The molecule has 1 aliphatic rings. The van der Waals surface area contributed by atoms with Gasteiger partial charge in [-0.15, -0.1) is 0 Å². The van der Waals surface area contributed by atoms with E-state index in [0.29, 0.717) is 0 Å². The number of nitrogens with two attached hydrogens (primary N) is 1. The molecule has 0 heterocycles. The van der Waals surface area contributed by atoms with E-state index in [0.717, 1.165) is 18.6 Å². The molecular weight excluding hydrogens is 234 g/mol. The molecule has 19 heavy (non-hydrogen) atoms. The Bertz CT molecular complexity index is 408. The first-order chi connectivity index (χ1) is 8.97. The first-order valence-electron chi connectivity index (χ1n) is 7.49. The Kier molecular flexibility index (Phi) is 4.51. The highest BCUT2D eigenvalue weighted by Crippen LogP contribution is 2.28. The summed E-state index contributed by atoms with van der Waals surface area (Å²) in [5.74, 6) is 0.967. The molecule has 0 aliphatic heterocycles. The van der Waals surface area contributed by atoms with Gasteiger partial charge in [-0.25, -0.2) is 0 Å². The summed E-state index contributed by atoms with van der Waals surface area (Å²) in [7, 11) is 0. The van der Waals surface area contributed by atoms with Crippen LogP contribution < -0.4 is 10.5 Å². The lowest BCUT2D eigenvalue weighted by Crippen LogP contribution is -2.37. The lowest BCUT2D eigenvalue weighted by Gasteiger charge is -2.25. The van der Waals surface area contributed by atoms with Crippen molar-refractivity contribution in [1.29, 1.82) is 0 Å². The maximum atomic E-state index is 6.23. The molecular formula is C17H27NO. The second-order valence-corrected chi connectivity index (χ2v) is 6.74. The number of ether oxygens (including phenoxy) is 1. The van der Waals surface area contributed by atoms with Gasteiger partial charge in [-0.1, -0.05) is 45.7 Å². The van der Waals surface area contributed by atoms with Crippen LogP contribution in [0.3, 0.4) is 0 Å². The molecule has 0 spiro atoms. The van der Waals surface area contributed by atoms with Gasteiger partial charge in [0.2, 0.25) is 0 Å². The molecule has 1 aliphatic carbocycles. The van der Waals surface area contributed by atoms with Gasteiger partial charge in [-0.05, 0) is 42.4 Å². The van der Waals surface area contributed by atoms with Crippen molar-refractivity contribution >= 4 is 0 Å². The van der Waals surface area contributed by atoms with Crippen molar-refractivity contribution in [3.05, 3.63) is 29.8 Å². The molecule has 0 saturated heterocycles. The van der Waals surface area contributed by atoms with Gasteiger partial charge >= 0.3 is 0 Å². The Labute approximate surface area is 117 Å². The van der Waals surface area contributed by atoms with Crippen LogP contribution in [0.15, 0.2) is 24.3 Å². The minimum Gasteiger partial charge on any atom is -0.489 e. The summed E-state index contributed by atoms with van der Waals surface area (Å²) >= 11 is 0. The van der Waals surface area contributed by atoms with Crippen LogP contribution in [0.2, 0.25) is 0 Å². The van der Waals surface area contributed by atoms with Gasteiger partial charge in [0.15, 0.2) is 0 Å². The van der Waals surface area contributed by atoms with Crippen LogP contribution in [0.4, 0.5) is 0 Å². The van der Waals surface area contributed by atoms with Crippen molar-refractivity contribution in [3.8, 4) is 5.75 Å². The highest BCUT2D eigenvalue weighted by atomic mass is 16.5. The van der Waals surface area contributed by atoms with Crippen molar-refractivity contribution in [1.82, 2.24) is 0 Å². The van der Waals surface area contributed by atoms with Crippen LogP contribution in [0.5, 0.6) is 5.75 Å². The van der Waals surface area contributed by atoms with Gasteiger partial charge in [0.05, 0.1) is 0 Å². The summed E-state index contributed by atoms with van der Waals surface area (Å²) in [6, 6.07) is 8.64. The zero-order valence-corrected chi connectivity index (χ0v) is 12.5. The molecule has 106 valence electrons. The largest absolute Gasteiger partial charge is 0.489 e. The molecule has 1 fully saturated rings. The Hall–Kier alpha value is -1.02. The smallest absolute Gasteiger partial charge is 0.120 e. The standard InChI is InChI=1S/C17H27NO/c1-17(2,3)13-8-7-9-14(12-13)19-16-11-6-4-5-10-15(16)18/h7-9,12,15-16H,4-6,10-11,18H2,1-3H3. The minimum atomic E-state index is 0.158. The third kappa shape index (κ3) is 3.97. The SMILES string of the molecule is CC(C)(C)c1cccc(OC2CCCCCC2N)c1. The zero-order valence-electron chi connectivity index (χ0n) is 12.5. The van der Waals surface area contributed by atoms with E-state index in [-0.39, 0.29) is 17.6 Å². The Morgan fingerprint density at radius 1 is 1.11 bits per heavy atom. The molecule has 2 N–H and O–H groups in total. The summed E-state index contributed by atoms with van der Waals surface area (Å²) in [5, 5.41) is 0. The van der Waals surface area contributed by atoms with Crippen molar-refractivity contribution in [2.24, 2.45) is 5.73 Å². The predicted octanol–water partition coefficient (Wildman–Crippen LogP) is 4.02. The fourth-order valence-electron chi connectivity index (χ4n) is 2.66. The highest BCUT2D eigenvalue weighted by Gasteiger charge is 2.22. The van der Waals surface area contributed by atoms with E-state index in [4.69, 9.17) is 10.5 Å². The molecule has 0 amide bonds. The summed E-state index contributed by atoms with van der Waals surface area (Å²) in [4.78, 5) is 0. The number of hydrogen-bond donors (Lipinski definition) is 1. The Balaban J connectivity index is 2.09. The van der Waals surface area contributed by atoms with Crippen LogP contribution in [-0.4, -0.2) is 12.1 Å². The molecule has 1 saturated carbocycles. The van der Waals surface area contributed by atoms with Crippen LogP contribution >= 0.6 is 0 Å². The quantitative estimate of drug-likeness (QED) is 0.816. The number of benzene rings is 1. The normalized spacial score (nSPS) is 24.8. The average Bonchev–Trinajstić information content (AvgIpc) is 2.54. The molecule has 2 heteroatoms. The van der Waals surface area contributed by atoms with Crippen molar-refractivity contribution in [2.75, 3.05) is 0 Å². The molecule has 0 bridgehead atoms. The van der Waals surface area contributed by atoms with E-state index < -0.39 is 0 Å². The molecule has 2 nitrogen and oxygen atoms in total. The van der Waals surface area contributed by atoms with Gasteiger partial charge in [-0.2, -0.15) is 0 Å². The monoisotopic (exact) mass is 261 g/mol. The lowest BCUT2D eigenvalue weighted by molar-refractivity contribution is 0.162. The Morgan fingerprint density at radius 2 is 1.84 bits per heavy atom. The molecule has 1 aromatic rings. The van der Waals surface area contributed by atoms with E-state index in [2.05, 4.69) is 39.0 Å². The summed E-state index contributed by atoms with van der Waals surface area (Å²) in [6.45, 7) is 6.68. The third-order valence-corrected chi connectivity index (χ3v) is 3.99. The molecule has 0 radical (unpaired) electrons. The summed E-state index contributed by atoms with van der Waals surface area (Å²) in [6.07, 6.45) is 6.11. The second-order valence-electron chi connectivity index (χ2n) is 6.74. The lowest BCUT2D eigenvalue weighted by atomic mass is 9.87. The van der Waals surface area contributed by atoms with Gasteiger partial charge in [-0.3, -0.25) is 0 Å². The maximum absolute atomic E-state index is 6.23. The molecule has 0 aromatic heterocycles. The van der Waals surface area contributed by atoms with Crippen molar-refractivity contribution in [3.63, 3.8) is 0 Å². The predicted molar refractivity (Wildman–Crippen MR) is 80.6 cm³/mol. The average molecular weight is 261 g/mol. The number of hydrogen-bond acceptors (Lipinski definition) is 2. The van der Waals surface area contributed by atoms with Crippen molar-refractivity contribution < 1.29 is 4.74 Å². The van der Waals surface area contributed by atoms with Crippen LogP contribution in [0.25, 0.3) is 0 Å². The van der Waals surface area contributed by atoms with Gasteiger partial charge in [0.1, 0.15) is 11.9 Å². The van der Waals surface area contributed by atoms with E-state index in [1.807, 2.05) is 6.07 Å². The van der Waals surface area contributed by atoms with Crippen LogP contribution in [-0.2, 0) is 5.41 Å². The first kappa shape index (κ1) is 14.4. The fourth-order valence-corrected chi connectivity index (χ4v) is 2.66. The summed E-state index contributed by atoms with van der Waals surface area (Å²) < 4.78 is 6.16. The third-order valence-electron chi connectivity index (χ3n) is 3.99. The van der Waals surface area contributed by atoms with Gasteiger partial charge in [0.25, 0.3) is 0 Å². The van der Waals surface area contributed by atoms with Crippen LogP contribution in [0, 0.1) is 0 Å². The number of rotatable bonds is 2. The molecule has 2 unspecified atom stereocenters. The maximum Gasteiger partial charge on any atom is 0.120 e. The molecule has 1 aromatic carbocycles. The van der Waals surface area contributed by atoms with E-state index in [9.17, 15) is 0 Å². The zero-order chi connectivity index (χ0) is 13.9. The topological polar surface area (TPSA) is 35.2 Å². The molecule has 2 atom stereocenters. The highest BCUT2D eigenvalue weighted by molar-refractivity contribution is 5.32. The van der Waals surface area contributed by atoms with E-state index in [1.165, 1.54) is 24.8 Å². The minimum absolute atomic E-state index is 0.158. The fraction of sp³-hybridized carbons (Fsp3) is 0.647. The molecule has 2 rings (SSSR count).